The van der Waals surface area contributed by atoms with E-state index in [2.05, 4.69) is 15.0 Å². The highest BCUT2D eigenvalue weighted by molar-refractivity contribution is 5.29. The minimum atomic E-state index is -0.432. The Hall–Kier alpha value is -2.04. The van der Waals surface area contributed by atoms with Crippen LogP contribution >= 0.6 is 0 Å². The second-order valence-corrected chi connectivity index (χ2v) is 3.42. The van der Waals surface area contributed by atoms with Gasteiger partial charge in [-0.3, -0.25) is 4.98 Å². The Morgan fingerprint density at radius 2 is 2.00 bits per heavy atom. The van der Waals surface area contributed by atoms with Crippen LogP contribution in [-0.4, -0.2) is 22.0 Å². The fraction of sp³-hybridized carbons (Fsp3) is 0.182. The van der Waals surface area contributed by atoms with E-state index in [9.17, 15) is 4.39 Å². The molecule has 0 aliphatic heterocycles. The molecule has 5 heteroatoms. The fourth-order valence-corrected chi connectivity index (χ4v) is 1.34. The molecule has 2 rings (SSSR count). The number of nitrogens with zero attached hydrogens (tertiary/aromatic N) is 4. The van der Waals surface area contributed by atoms with Crippen molar-refractivity contribution in [1.82, 2.24) is 15.0 Å². The van der Waals surface area contributed by atoms with Crippen molar-refractivity contribution in [1.29, 1.82) is 0 Å². The first-order chi connectivity index (χ1) is 7.75. The average Bonchev–Trinajstić information content (AvgIpc) is 2.31. The predicted molar refractivity (Wildman–Crippen MR) is 58.3 cm³/mol. The van der Waals surface area contributed by atoms with Crippen LogP contribution < -0.4 is 4.90 Å². The van der Waals surface area contributed by atoms with Gasteiger partial charge < -0.3 is 4.90 Å². The average molecular weight is 218 g/mol. The molecule has 0 saturated carbocycles. The number of aromatic nitrogens is 3. The van der Waals surface area contributed by atoms with Crippen molar-refractivity contribution >= 4 is 5.95 Å². The molecule has 0 N–H and O–H groups in total. The number of hydrogen-bond donors (Lipinski definition) is 0. The van der Waals surface area contributed by atoms with Crippen molar-refractivity contribution in [3.05, 3.63) is 48.3 Å². The van der Waals surface area contributed by atoms with Gasteiger partial charge in [0, 0.05) is 26.0 Å². The van der Waals surface area contributed by atoms with Gasteiger partial charge in [-0.2, -0.15) is 0 Å². The highest BCUT2D eigenvalue weighted by Gasteiger charge is 2.04. The maximum atomic E-state index is 12.6. The summed E-state index contributed by atoms with van der Waals surface area (Å²) in [7, 11) is 1.85. The summed E-state index contributed by atoms with van der Waals surface area (Å²) in [4.78, 5) is 13.6. The summed E-state index contributed by atoms with van der Waals surface area (Å²) in [6, 6.07) is 3.84. The van der Waals surface area contributed by atoms with E-state index in [1.807, 2.05) is 24.1 Å². The lowest BCUT2D eigenvalue weighted by Crippen LogP contribution is -2.19. The molecule has 0 saturated heterocycles. The van der Waals surface area contributed by atoms with Crippen molar-refractivity contribution < 1.29 is 4.39 Å². The summed E-state index contributed by atoms with van der Waals surface area (Å²) < 4.78 is 12.6. The summed E-state index contributed by atoms with van der Waals surface area (Å²) in [6.07, 6.45) is 5.81. The Kier molecular flexibility index (Phi) is 3.05. The van der Waals surface area contributed by atoms with E-state index in [-0.39, 0.29) is 0 Å². The van der Waals surface area contributed by atoms with Gasteiger partial charge >= 0.3 is 0 Å². The van der Waals surface area contributed by atoms with Gasteiger partial charge in [0.2, 0.25) is 5.95 Å². The molecule has 16 heavy (non-hydrogen) atoms. The molecule has 4 nitrogen and oxygen atoms in total. The Balaban J connectivity index is 2.09. The zero-order valence-corrected chi connectivity index (χ0v) is 8.84. The molecular formula is C11H11FN4. The number of pyridine rings is 1. The van der Waals surface area contributed by atoms with Gasteiger partial charge in [0.05, 0.1) is 12.4 Å². The lowest BCUT2D eigenvalue weighted by Gasteiger charge is -2.16. The maximum absolute atomic E-state index is 12.6. The summed E-state index contributed by atoms with van der Waals surface area (Å²) in [5.74, 6) is 0.0591. The molecule has 0 spiro atoms. The van der Waals surface area contributed by atoms with Crippen molar-refractivity contribution in [2.24, 2.45) is 0 Å². The standard InChI is InChI=1S/C11H11FN4/c1-16(8-9-3-2-4-13-5-9)11-14-6-10(12)7-15-11/h2-7H,8H2,1H3. The lowest BCUT2D eigenvalue weighted by atomic mass is 10.3. The molecule has 2 heterocycles. The third-order valence-corrected chi connectivity index (χ3v) is 2.09. The quantitative estimate of drug-likeness (QED) is 0.785. The van der Waals surface area contributed by atoms with Crippen LogP contribution in [0.15, 0.2) is 36.9 Å². The van der Waals surface area contributed by atoms with Gasteiger partial charge in [-0.15, -0.1) is 0 Å². The molecule has 0 amide bonds. The minimum Gasteiger partial charge on any atom is -0.339 e. The third-order valence-electron chi connectivity index (χ3n) is 2.09. The third kappa shape index (κ3) is 2.50. The molecule has 0 bridgehead atoms. The molecule has 0 atom stereocenters. The molecule has 2 aromatic rings. The van der Waals surface area contributed by atoms with Gasteiger partial charge in [-0.25, -0.2) is 14.4 Å². The van der Waals surface area contributed by atoms with Gasteiger partial charge in [-0.05, 0) is 11.6 Å². The number of halogens is 1. The van der Waals surface area contributed by atoms with Crippen LogP contribution in [0.5, 0.6) is 0 Å². The number of rotatable bonds is 3. The first-order valence-electron chi connectivity index (χ1n) is 4.83. The Labute approximate surface area is 92.8 Å². The molecule has 82 valence electrons. The van der Waals surface area contributed by atoms with Gasteiger partial charge in [-0.1, -0.05) is 6.07 Å². The smallest absolute Gasteiger partial charge is 0.225 e. The highest BCUT2D eigenvalue weighted by Crippen LogP contribution is 2.08. The van der Waals surface area contributed by atoms with Crippen LogP contribution in [0, 0.1) is 5.82 Å². The Morgan fingerprint density at radius 1 is 1.25 bits per heavy atom. The van der Waals surface area contributed by atoms with Crippen LogP contribution in [0.1, 0.15) is 5.56 Å². The zero-order chi connectivity index (χ0) is 11.4. The van der Waals surface area contributed by atoms with E-state index in [1.165, 1.54) is 0 Å². The lowest BCUT2D eigenvalue weighted by molar-refractivity contribution is 0.612. The van der Waals surface area contributed by atoms with E-state index in [0.717, 1.165) is 18.0 Å². The van der Waals surface area contributed by atoms with E-state index < -0.39 is 5.82 Å². The van der Waals surface area contributed by atoms with Crippen LogP contribution in [0.3, 0.4) is 0 Å². The van der Waals surface area contributed by atoms with Crippen molar-refractivity contribution in [3.63, 3.8) is 0 Å². The summed E-state index contributed by atoms with van der Waals surface area (Å²) >= 11 is 0. The van der Waals surface area contributed by atoms with Crippen LogP contribution in [0.4, 0.5) is 10.3 Å². The van der Waals surface area contributed by atoms with Crippen LogP contribution in [0.25, 0.3) is 0 Å². The molecule has 2 aromatic heterocycles. The van der Waals surface area contributed by atoms with E-state index in [1.54, 1.807) is 12.4 Å². The first kappa shape index (κ1) is 10.5. The van der Waals surface area contributed by atoms with Crippen molar-refractivity contribution in [2.45, 2.75) is 6.54 Å². The molecule has 0 radical (unpaired) electrons. The molecular weight excluding hydrogens is 207 g/mol. The normalized spacial score (nSPS) is 10.1. The van der Waals surface area contributed by atoms with Crippen molar-refractivity contribution in [3.8, 4) is 0 Å². The zero-order valence-electron chi connectivity index (χ0n) is 8.84. The Morgan fingerprint density at radius 3 is 2.62 bits per heavy atom. The van der Waals surface area contributed by atoms with Crippen LogP contribution in [-0.2, 0) is 6.54 Å². The van der Waals surface area contributed by atoms with Gasteiger partial charge in [0.1, 0.15) is 0 Å². The number of anilines is 1. The summed E-state index contributed by atoms with van der Waals surface area (Å²) in [5.41, 5.74) is 1.05. The highest BCUT2D eigenvalue weighted by atomic mass is 19.1. The monoisotopic (exact) mass is 218 g/mol. The second kappa shape index (κ2) is 4.65. The molecule has 0 aromatic carbocycles. The topological polar surface area (TPSA) is 41.9 Å². The molecule has 0 unspecified atom stereocenters. The SMILES string of the molecule is CN(Cc1cccnc1)c1ncc(F)cn1. The largest absolute Gasteiger partial charge is 0.339 e. The predicted octanol–water partition coefficient (Wildman–Crippen LogP) is 1.65. The summed E-state index contributed by atoms with van der Waals surface area (Å²) in [5, 5.41) is 0. The van der Waals surface area contributed by atoms with Crippen molar-refractivity contribution in [2.75, 3.05) is 11.9 Å². The first-order valence-corrected chi connectivity index (χ1v) is 4.83. The second-order valence-electron chi connectivity index (χ2n) is 3.42. The number of hydrogen-bond acceptors (Lipinski definition) is 4. The molecule has 0 fully saturated rings. The molecule has 0 aliphatic rings. The molecule has 0 aliphatic carbocycles. The maximum Gasteiger partial charge on any atom is 0.225 e. The van der Waals surface area contributed by atoms with Gasteiger partial charge in [0.15, 0.2) is 5.82 Å². The minimum absolute atomic E-state index is 0.432. The van der Waals surface area contributed by atoms with Crippen LogP contribution in [0.2, 0.25) is 0 Å². The van der Waals surface area contributed by atoms with Gasteiger partial charge in [0.25, 0.3) is 0 Å². The Bertz CT molecular complexity index is 443. The van der Waals surface area contributed by atoms with E-state index in [0.29, 0.717) is 12.5 Å². The van der Waals surface area contributed by atoms with E-state index in [4.69, 9.17) is 0 Å². The summed E-state index contributed by atoms with van der Waals surface area (Å²) in [6.45, 7) is 0.638. The van der Waals surface area contributed by atoms with E-state index >= 15 is 0 Å². The fourth-order valence-electron chi connectivity index (χ4n) is 1.34.